The minimum Gasteiger partial charge on any atom is -0.302 e. The molecule has 0 aromatic rings. The Morgan fingerprint density at radius 1 is 1.21 bits per heavy atom. The van der Waals surface area contributed by atoms with Crippen LogP contribution in [0, 0.1) is 0 Å². The zero-order valence-corrected chi connectivity index (χ0v) is 9.45. The van der Waals surface area contributed by atoms with E-state index in [4.69, 9.17) is 14.7 Å². The van der Waals surface area contributed by atoms with E-state index in [-0.39, 0.29) is 12.3 Å². The van der Waals surface area contributed by atoms with Gasteiger partial charge in [-0.3, -0.25) is 0 Å². The summed E-state index contributed by atoms with van der Waals surface area (Å²) < 4.78 is 46.8. The van der Waals surface area contributed by atoms with E-state index in [1.54, 1.807) is 0 Å². The molecule has 0 aromatic carbocycles. The maximum Gasteiger partial charge on any atom is 0.509 e. The van der Waals surface area contributed by atoms with Crippen LogP contribution < -0.4 is 0 Å². The Hall–Kier alpha value is 0.760. The van der Waals surface area contributed by atoms with Crippen molar-refractivity contribution < 1.29 is 44.9 Å². The van der Waals surface area contributed by atoms with Crippen molar-refractivity contribution in [2.75, 3.05) is 0 Å². The highest BCUT2D eigenvalue weighted by Crippen LogP contribution is 2.75. The largest absolute Gasteiger partial charge is 0.509 e. The molecule has 1 fully saturated rings. The third-order valence-corrected chi connectivity index (χ3v) is 5.91. The number of hydrogen-bond donors (Lipinski definition) is 3. The van der Waals surface area contributed by atoms with Crippen molar-refractivity contribution in [3.63, 3.8) is 0 Å². The molecule has 1 unspecified atom stereocenters. The molecule has 0 amide bonds. The van der Waals surface area contributed by atoms with Crippen LogP contribution in [0.25, 0.3) is 0 Å². The standard InChI is InChI=1S/H3O10P3S/c1-11(2,3)7-12(4,5)8-13(6)9-14-10-13/h(H,4,5)(H2,1,2,3). The number of rotatable bonds is 4. The van der Waals surface area contributed by atoms with Crippen molar-refractivity contribution in [2.24, 2.45) is 0 Å². The zero-order chi connectivity index (χ0) is 11.0. The van der Waals surface area contributed by atoms with Gasteiger partial charge >= 0.3 is 23.5 Å². The van der Waals surface area contributed by atoms with E-state index in [1.807, 2.05) is 0 Å². The smallest absolute Gasteiger partial charge is 0.302 e. The van der Waals surface area contributed by atoms with Crippen LogP contribution in [0.4, 0.5) is 0 Å². The van der Waals surface area contributed by atoms with Crippen LogP contribution in [-0.4, -0.2) is 14.7 Å². The number of phosphoric acid groups is 3. The van der Waals surface area contributed by atoms with Crippen molar-refractivity contribution >= 4 is 35.8 Å². The minimum absolute atomic E-state index is 0.233. The summed E-state index contributed by atoms with van der Waals surface area (Å²) in [6.45, 7) is 0. The van der Waals surface area contributed by atoms with Crippen LogP contribution in [-0.2, 0) is 30.3 Å². The fraction of sp³-hybridized carbons (Fsp3) is 0. The second-order valence-electron chi connectivity index (χ2n) is 1.79. The summed E-state index contributed by atoms with van der Waals surface area (Å²) in [5.41, 5.74) is 0. The van der Waals surface area contributed by atoms with Crippen molar-refractivity contribution in [3.05, 3.63) is 0 Å². The molecule has 10 nitrogen and oxygen atoms in total. The van der Waals surface area contributed by atoms with E-state index in [0.717, 1.165) is 0 Å². The van der Waals surface area contributed by atoms with Crippen LogP contribution in [0.2, 0.25) is 0 Å². The summed E-state index contributed by atoms with van der Waals surface area (Å²) in [4.78, 5) is 24.9. The van der Waals surface area contributed by atoms with Gasteiger partial charge in [-0.05, 0) is 0 Å². The predicted octanol–water partition coefficient (Wildman–Crippen LogP) is 0.931. The third kappa shape index (κ3) is 4.09. The van der Waals surface area contributed by atoms with Gasteiger partial charge in [-0.1, -0.05) is 0 Å². The van der Waals surface area contributed by atoms with Gasteiger partial charge in [0.15, 0.2) is 12.3 Å². The molecule has 84 valence electrons. The summed E-state index contributed by atoms with van der Waals surface area (Å²) in [5, 5.41) is 0. The second-order valence-corrected chi connectivity index (χ2v) is 7.23. The van der Waals surface area contributed by atoms with E-state index in [0.29, 0.717) is 0 Å². The van der Waals surface area contributed by atoms with Gasteiger partial charge in [0.25, 0.3) is 0 Å². The highest BCUT2D eigenvalue weighted by atomic mass is 32.2. The Balaban J connectivity index is 2.63. The van der Waals surface area contributed by atoms with Crippen LogP contribution in [0.5, 0.6) is 0 Å². The van der Waals surface area contributed by atoms with Gasteiger partial charge in [-0.2, -0.15) is 16.6 Å². The lowest BCUT2D eigenvalue weighted by Gasteiger charge is -2.22. The minimum atomic E-state index is -5.24. The molecule has 14 heteroatoms. The van der Waals surface area contributed by atoms with E-state index < -0.39 is 23.5 Å². The molecule has 1 rings (SSSR count). The van der Waals surface area contributed by atoms with Crippen molar-refractivity contribution in [3.8, 4) is 0 Å². The molecular formula is H3O10P3S. The first kappa shape index (κ1) is 12.8. The first-order valence-electron chi connectivity index (χ1n) is 2.58. The summed E-state index contributed by atoms with van der Waals surface area (Å²) >= 11 is 0.233. The molecule has 1 heterocycles. The zero-order valence-electron chi connectivity index (χ0n) is 5.95. The monoisotopic (exact) mass is 288 g/mol. The first-order chi connectivity index (χ1) is 6.12. The van der Waals surface area contributed by atoms with Crippen LogP contribution in [0.3, 0.4) is 0 Å². The quantitative estimate of drug-likeness (QED) is 0.500. The summed E-state index contributed by atoms with van der Waals surface area (Å²) in [6, 6.07) is 0. The average Bonchev–Trinajstić information content (AvgIpc) is 1.76. The highest BCUT2D eigenvalue weighted by Gasteiger charge is 2.48. The lowest BCUT2D eigenvalue weighted by Crippen LogP contribution is -2.00. The molecule has 0 bridgehead atoms. The molecular weight excluding hydrogens is 285 g/mol. The van der Waals surface area contributed by atoms with Gasteiger partial charge in [0, 0.05) is 0 Å². The van der Waals surface area contributed by atoms with Gasteiger partial charge in [0.2, 0.25) is 0 Å². The van der Waals surface area contributed by atoms with Crippen LogP contribution >= 0.6 is 35.8 Å². The third-order valence-electron chi connectivity index (χ3n) is 0.656. The van der Waals surface area contributed by atoms with Gasteiger partial charge in [0.05, 0.1) is 0 Å². The molecule has 0 aromatic heterocycles. The molecule has 14 heavy (non-hydrogen) atoms. The lowest BCUT2D eigenvalue weighted by molar-refractivity contribution is 0.202. The SMILES string of the molecule is O=P(O)(O)OP(=O)(O)OP1(=O)OSO1. The van der Waals surface area contributed by atoms with E-state index in [9.17, 15) is 13.7 Å². The van der Waals surface area contributed by atoms with Crippen LogP contribution in [0.15, 0.2) is 0 Å². The van der Waals surface area contributed by atoms with Crippen molar-refractivity contribution in [2.45, 2.75) is 0 Å². The molecule has 0 spiro atoms. The molecule has 3 N–H and O–H groups in total. The van der Waals surface area contributed by atoms with Crippen LogP contribution in [0.1, 0.15) is 0 Å². The van der Waals surface area contributed by atoms with Crippen molar-refractivity contribution in [1.82, 2.24) is 0 Å². The van der Waals surface area contributed by atoms with E-state index in [1.165, 1.54) is 0 Å². The highest BCUT2D eigenvalue weighted by molar-refractivity contribution is 8.03. The Morgan fingerprint density at radius 2 is 1.71 bits per heavy atom. The van der Waals surface area contributed by atoms with Gasteiger partial charge in [0.1, 0.15) is 0 Å². The molecule has 0 saturated carbocycles. The molecule has 0 radical (unpaired) electrons. The first-order valence-corrected chi connectivity index (χ1v) is 7.73. The normalized spacial score (nSPS) is 25.1. The fourth-order valence-corrected chi connectivity index (χ4v) is 4.21. The Bertz CT molecular complexity index is 342. The van der Waals surface area contributed by atoms with Gasteiger partial charge in [-0.15, -0.1) is 0 Å². The molecule has 1 aliphatic heterocycles. The summed E-state index contributed by atoms with van der Waals surface area (Å²) in [7, 11) is -14.6. The Kier molecular flexibility index (Phi) is 3.64. The average molecular weight is 288 g/mol. The predicted molar refractivity (Wildman–Crippen MR) is 41.4 cm³/mol. The summed E-state index contributed by atoms with van der Waals surface area (Å²) in [6.07, 6.45) is 0. The van der Waals surface area contributed by atoms with E-state index in [2.05, 4.69) is 16.6 Å². The Morgan fingerprint density at radius 3 is 2.00 bits per heavy atom. The molecule has 1 saturated heterocycles. The topological polar surface area (TPSA) is 149 Å². The van der Waals surface area contributed by atoms with Gasteiger partial charge < -0.3 is 14.7 Å². The molecule has 0 aliphatic carbocycles. The lowest BCUT2D eigenvalue weighted by atomic mass is 15.7. The molecule has 1 atom stereocenters. The summed E-state index contributed by atoms with van der Waals surface area (Å²) in [5.74, 6) is 0. The van der Waals surface area contributed by atoms with E-state index >= 15 is 0 Å². The maximum absolute atomic E-state index is 10.8. The van der Waals surface area contributed by atoms with Gasteiger partial charge in [-0.25, -0.2) is 13.7 Å². The van der Waals surface area contributed by atoms with Crippen molar-refractivity contribution in [1.29, 1.82) is 0 Å². The maximum atomic E-state index is 10.8. The Labute approximate surface area is 81.4 Å². The fourth-order valence-electron chi connectivity index (χ4n) is 0.383. The molecule has 1 aliphatic rings. The number of hydrogen-bond acceptors (Lipinski definition) is 8. The second kappa shape index (κ2) is 3.97.